The van der Waals surface area contributed by atoms with Crippen LogP contribution < -0.4 is 0 Å². The quantitative estimate of drug-likeness (QED) is 0.244. The molecule has 2 aromatic rings. The zero-order chi connectivity index (χ0) is 19.9. The van der Waals surface area contributed by atoms with Crippen molar-refractivity contribution in [2.75, 3.05) is 0 Å². The van der Waals surface area contributed by atoms with Crippen molar-refractivity contribution in [1.29, 1.82) is 0 Å². The smallest absolute Gasteiger partial charge is 0.163 e. The van der Waals surface area contributed by atoms with E-state index in [2.05, 4.69) is 27.0 Å². The van der Waals surface area contributed by atoms with Crippen LogP contribution in [0.4, 0.5) is 11.4 Å². The van der Waals surface area contributed by atoms with E-state index >= 15 is 0 Å². The van der Waals surface area contributed by atoms with E-state index in [1.807, 2.05) is 36.4 Å². The zero-order valence-corrected chi connectivity index (χ0v) is 15.4. The van der Waals surface area contributed by atoms with E-state index in [1.165, 1.54) is 0 Å². The third-order valence-electron chi connectivity index (χ3n) is 4.69. The first-order valence-electron chi connectivity index (χ1n) is 8.88. The van der Waals surface area contributed by atoms with Gasteiger partial charge in [-0.3, -0.25) is 4.79 Å². The fourth-order valence-corrected chi connectivity index (χ4v) is 3.17. The van der Waals surface area contributed by atoms with Gasteiger partial charge in [-0.2, -0.15) is 0 Å². The Hall–Kier alpha value is -3.79. The molecule has 1 fully saturated rings. The molecule has 0 saturated heterocycles. The van der Waals surface area contributed by atoms with Crippen molar-refractivity contribution in [3.05, 3.63) is 91.7 Å². The summed E-state index contributed by atoms with van der Waals surface area (Å²) >= 11 is 0. The highest BCUT2D eigenvalue weighted by molar-refractivity contribution is 6.06. The molecular weight excluding hydrogens is 352 g/mol. The third kappa shape index (κ3) is 4.48. The minimum atomic E-state index is 0.120. The van der Waals surface area contributed by atoms with Crippen LogP contribution in [0.5, 0.6) is 0 Å². The minimum Gasteiger partial charge on any atom is -0.294 e. The Morgan fingerprint density at radius 3 is 1.89 bits per heavy atom. The van der Waals surface area contributed by atoms with Crippen molar-refractivity contribution in [2.45, 2.75) is 19.8 Å². The Morgan fingerprint density at radius 2 is 1.39 bits per heavy atom. The van der Waals surface area contributed by atoms with Crippen LogP contribution in [0.25, 0.3) is 33.0 Å². The fourth-order valence-electron chi connectivity index (χ4n) is 3.17. The molecule has 1 aliphatic rings. The molecule has 0 spiro atoms. The first kappa shape index (κ1) is 19.0. The van der Waals surface area contributed by atoms with Crippen LogP contribution in [0.15, 0.2) is 69.9 Å². The number of carbonyl (C=O) groups excluding carboxylic acids is 1. The van der Waals surface area contributed by atoms with Gasteiger partial charge in [0.2, 0.25) is 0 Å². The van der Waals surface area contributed by atoms with Gasteiger partial charge in [0.25, 0.3) is 0 Å². The molecule has 0 bridgehead atoms. The van der Waals surface area contributed by atoms with Crippen LogP contribution in [0.2, 0.25) is 0 Å². The van der Waals surface area contributed by atoms with Gasteiger partial charge >= 0.3 is 0 Å². The van der Waals surface area contributed by atoms with Crippen LogP contribution >= 0.6 is 0 Å². The molecule has 0 radical (unpaired) electrons. The van der Waals surface area contributed by atoms with Crippen LogP contribution in [0.1, 0.15) is 30.9 Å². The number of rotatable bonds is 4. The third-order valence-corrected chi connectivity index (χ3v) is 4.69. The molecule has 0 aromatic heterocycles. The first-order chi connectivity index (χ1) is 13.6. The molecule has 2 aromatic carbocycles. The molecule has 1 unspecified atom stereocenters. The zero-order valence-electron chi connectivity index (χ0n) is 15.4. The summed E-state index contributed by atoms with van der Waals surface area (Å²) in [6, 6.07) is 14.3. The SMILES string of the molecule is CC1CCC(=O)C(=C/c2ccc(N=[N+]=[N-])cc2)/C1=C/c1ccc(N=[N+]=[N-])cc1. The first-order valence-corrected chi connectivity index (χ1v) is 8.88. The Balaban J connectivity index is 1.99. The average molecular weight is 370 g/mol. The Kier molecular flexibility index (Phi) is 5.92. The van der Waals surface area contributed by atoms with E-state index in [4.69, 9.17) is 11.1 Å². The summed E-state index contributed by atoms with van der Waals surface area (Å²) in [6.45, 7) is 2.12. The highest BCUT2D eigenvalue weighted by atomic mass is 16.1. The largest absolute Gasteiger partial charge is 0.294 e. The lowest BCUT2D eigenvalue weighted by atomic mass is 9.79. The van der Waals surface area contributed by atoms with Gasteiger partial charge in [0.1, 0.15) is 0 Å². The molecular formula is C21H18N6O. The number of carbonyl (C=O) groups is 1. The monoisotopic (exact) mass is 370 g/mol. The molecule has 28 heavy (non-hydrogen) atoms. The summed E-state index contributed by atoms with van der Waals surface area (Å²) in [5.41, 5.74) is 21.6. The molecule has 1 saturated carbocycles. The van der Waals surface area contributed by atoms with Gasteiger partial charge in [-0.15, -0.1) is 0 Å². The van der Waals surface area contributed by atoms with Crippen molar-refractivity contribution in [1.82, 2.24) is 0 Å². The van der Waals surface area contributed by atoms with Gasteiger partial charge in [-0.1, -0.05) is 71.8 Å². The topological polar surface area (TPSA) is 115 Å². The molecule has 3 rings (SSSR count). The van der Waals surface area contributed by atoms with Gasteiger partial charge in [0.15, 0.2) is 5.78 Å². The summed E-state index contributed by atoms with van der Waals surface area (Å²) in [6.07, 6.45) is 5.24. The fraction of sp³-hybridized carbons (Fsp3) is 0.190. The van der Waals surface area contributed by atoms with Crippen molar-refractivity contribution in [2.24, 2.45) is 16.1 Å². The molecule has 138 valence electrons. The van der Waals surface area contributed by atoms with Crippen molar-refractivity contribution in [3.63, 3.8) is 0 Å². The highest BCUT2D eigenvalue weighted by Gasteiger charge is 2.25. The summed E-state index contributed by atoms with van der Waals surface area (Å²) in [7, 11) is 0. The van der Waals surface area contributed by atoms with E-state index in [-0.39, 0.29) is 11.7 Å². The van der Waals surface area contributed by atoms with E-state index in [0.29, 0.717) is 23.4 Å². The van der Waals surface area contributed by atoms with Crippen LogP contribution in [0.3, 0.4) is 0 Å². The number of hydrogen-bond acceptors (Lipinski definition) is 3. The maximum absolute atomic E-state index is 12.6. The standard InChI is InChI=1S/C21H18N6O/c1-14-2-11-21(28)20(13-16-5-9-18(10-6-16)25-27-23)19(14)12-15-3-7-17(8-4-15)24-26-22/h3-10,12-14H,2,11H2,1H3/b19-12+,20-13+. The second-order valence-corrected chi connectivity index (χ2v) is 6.58. The van der Waals surface area contributed by atoms with Gasteiger partial charge in [-0.25, -0.2) is 0 Å². The molecule has 1 aliphatic carbocycles. The van der Waals surface area contributed by atoms with Gasteiger partial charge in [0.05, 0.1) is 0 Å². The molecule has 0 N–H and O–H groups in total. The lowest BCUT2D eigenvalue weighted by Gasteiger charge is -2.24. The molecule has 0 aliphatic heterocycles. The van der Waals surface area contributed by atoms with E-state index < -0.39 is 0 Å². The maximum Gasteiger partial charge on any atom is 0.163 e. The van der Waals surface area contributed by atoms with Crippen molar-refractivity contribution < 1.29 is 4.79 Å². The Labute approximate surface area is 162 Å². The number of hydrogen-bond donors (Lipinski definition) is 0. The molecule has 1 atom stereocenters. The normalized spacial score (nSPS) is 19.2. The predicted octanol–water partition coefficient (Wildman–Crippen LogP) is 7.04. The van der Waals surface area contributed by atoms with E-state index in [1.54, 1.807) is 24.3 Å². The Bertz CT molecular complexity index is 1040. The number of benzene rings is 2. The van der Waals surface area contributed by atoms with Gasteiger partial charge in [-0.05, 0) is 46.2 Å². The van der Waals surface area contributed by atoms with E-state index in [9.17, 15) is 4.79 Å². The summed E-state index contributed by atoms with van der Waals surface area (Å²) < 4.78 is 0. The second kappa shape index (κ2) is 8.73. The summed E-state index contributed by atoms with van der Waals surface area (Å²) in [4.78, 5) is 18.2. The van der Waals surface area contributed by atoms with E-state index in [0.717, 1.165) is 23.1 Å². The minimum absolute atomic E-state index is 0.120. The molecule has 7 nitrogen and oxygen atoms in total. The van der Waals surface area contributed by atoms with Crippen LogP contribution in [-0.2, 0) is 4.79 Å². The van der Waals surface area contributed by atoms with Crippen LogP contribution in [-0.4, -0.2) is 5.78 Å². The van der Waals surface area contributed by atoms with Crippen molar-refractivity contribution in [3.8, 4) is 0 Å². The van der Waals surface area contributed by atoms with Crippen molar-refractivity contribution >= 4 is 29.3 Å². The van der Waals surface area contributed by atoms with Gasteiger partial charge in [0, 0.05) is 33.2 Å². The maximum atomic E-state index is 12.6. The molecule has 0 amide bonds. The predicted molar refractivity (Wildman–Crippen MR) is 110 cm³/mol. The number of azide groups is 2. The lowest BCUT2D eigenvalue weighted by Crippen LogP contribution is -2.18. The number of Topliss-reactive ketones (excluding diaryl/α,β-unsaturated/α-hetero) is 1. The number of nitrogens with zero attached hydrogens (tertiary/aromatic N) is 6. The summed E-state index contributed by atoms with van der Waals surface area (Å²) in [5, 5.41) is 7.14. The number of ketones is 1. The second-order valence-electron chi connectivity index (χ2n) is 6.58. The number of allylic oxidation sites excluding steroid dienone is 2. The Morgan fingerprint density at radius 1 is 0.893 bits per heavy atom. The molecule has 0 heterocycles. The average Bonchev–Trinajstić information content (AvgIpc) is 2.70. The summed E-state index contributed by atoms with van der Waals surface area (Å²) in [5.74, 6) is 0.373. The van der Waals surface area contributed by atoms with Crippen LogP contribution in [0, 0.1) is 5.92 Å². The molecule has 7 heteroatoms. The lowest BCUT2D eigenvalue weighted by molar-refractivity contribution is -0.116. The van der Waals surface area contributed by atoms with Gasteiger partial charge < -0.3 is 0 Å². The highest BCUT2D eigenvalue weighted by Crippen LogP contribution is 2.34.